The Balaban J connectivity index is 2.32. The number of carbonyl (C=O) groups is 1. The van der Waals surface area contributed by atoms with Crippen LogP contribution in [0.1, 0.15) is 29.0 Å². The molecule has 1 aromatic rings. The van der Waals surface area contributed by atoms with Gasteiger partial charge in [0.2, 0.25) is 0 Å². The third-order valence-electron chi connectivity index (χ3n) is 3.47. The normalized spacial score (nSPS) is 24.6. The van der Waals surface area contributed by atoms with Crippen molar-refractivity contribution in [2.24, 2.45) is 5.92 Å². The predicted molar refractivity (Wildman–Crippen MR) is 67.3 cm³/mol. The fourth-order valence-corrected chi connectivity index (χ4v) is 2.74. The Bertz CT molecular complexity index is 408. The highest BCUT2D eigenvalue weighted by atomic mass is 16.4. The summed E-state index contributed by atoms with van der Waals surface area (Å²) in [6.45, 7) is 5.61. The third-order valence-corrected chi connectivity index (χ3v) is 3.47. The molecule has 2 unspecified atom stereocenters. The molecule has 2 rings (SSSR count). The summed E-state index contributed by atoms with van der Waals surface area (Å²) in [5.74, 6) is -0.848. The zero-order valence-corrected chi connectivity index (χ0v) is 10.4. The molecule has 0 amide bonds. The molecule has 1 heterocycles. The minimum Gasteiger partial charge on any atom is -0.481 e. The maximum absolute atomic E-state index is 11.3. The minimum atomic E-state index is -0.693. The van der Waals surface area contributed by atoms with Crippen LogP contribution in [0.2, 0.25) is 0 Å². The third kappa shape index (κ3) is 2.67. The highest BCUT2D eigenvalue weighted by molar-refractivity contribution is 5.72. The molecular formula is C14H19NO2. The van der Waals surface area contributed by atoms with Gasteiger partial charge in [0.25, 0.3) is 0 Å². The number of carboxylic acid groups (broad SMARTS) is 1. The lowest BCUT2D eigenvalue weighted by Gasteiger charge is -2.30. The van der Waals surface area contributed by atoms with Gasteiger partial charge >= 0.3 is 5.97 Å². The summed E-state index contributed by atoms with van der Waals surface area (Å²) < 4.78 is 0. The van der Waals surface area contributed by atoms with Crippen LogP contribution in [-0.2, 0) is 4.79 Å². The van der Waals surface area contributed by atoms with Crippen LogP contribution in [0.25, 0.3) is 0 Å². The molecule has 2 N–H and O–H groups in total. The largest absolute Gasteiger partial charge is 0.481 e. The van der Waals surface area contributed by atoms with Crippen LogP contribution in [0.5, 0.6) is 0 Å². The van der Waals surface area contributed by atoms with Gasteiger partial charge in [-0.2, -0.15) is 0 Å². The molecule has 0 saturated carbocycles. The van der Waals surface area contributed by atoms with E-state index in [1.807, 2.05) is 0 Å². The lowest BCUT2D eigenvalue weighted by molar-refractivity contribution is -0.142. The molecule has 0 bridgehead atoms. The first kappa shape index (κ1) is 12.1. The summed E-state index contributed by atoms with van der Waals surface area (Å²) in [5, 5.41) is 12.4. The summed E-state index contributed by atoms with van der Waals surface area (Å²) in [7, 11) is 0. The molecule has 1 aromatic carbocycles. The minimum absolute atomic E-state index is 0.146. The molecule has 92 valence electrons. The van der Waals surface area contributed by atoms with E-state index in [0.717, 1.165) is 13.0 Å². The van der Waals surface area contributed by atoms with Crippen LogP contribution in [0.3, 0.4) is 0 Å². The standard InChI is InChI=1S/C14H19NO2/c1-9-5-10(2)7-11(6-9)12-3-4-15-8-13(12)14(16)17/h5-7,12-13,15H,3-4,8H2,1-2H3,(H,16,17). The molecule has 17 heavy (non-hydrogen) atoms. The molecule has 1 fully saturated rings. The number of nitrogens with one attached hydrogen (secondary N) is 1. The highest BCUT2D eigenvalue weighted by Gasteiger charge is 2.31. The highest BCUT2D eigenvalue weighted by Crippen LogP contribution is 2.31. The summed E-state index contributed by atoms with van der Waals surface area (Å²) in [6.07, 6.45) is 0.903. The van der Waals surface area contributed by atoms with Crippen molar-refractivity contribution in [2.75, 3.05) is 13.1 Å². The average Bonchev–Trinajstić information content (AvgIpc) is 2.27. The van der Waals surface area contributed by atoms with E-state index in [9.17, 15) is 9.90 Å². The Morgan fingerprint density at radius 1 is 1.29 bits per heavy atom. The first-order chi connectivity index (χ1) is 8.08. The van der Waals surface area contributed by atoms with E-state index >= 15 is 0 Å². The van der Waals surface area contributed by atoms with Gasteiger partial charge in [-0.3, -0.25) is 4.79 Å². The van der Waals surface area contributed by atoms with E-state index in [1.54, 1.807) is 0 Å². The molecule has 2 atom stereocenters. The summed E-state index contributed by atoms with van der Waals surface area (Å²) in [6, 6.07) is 6.37. The molecule has 1 saturated heterocycles. The van der Waals surface area contributed by atoms with Gasteiger partial charge in [-0.1, -0.05) is 29.3 Å². The van der Waals surface area contributed by atoms with Crippen LogP contribution >= 0.6 is 0 Å². The maximum atomic E-state index is 11.3. The lowest BCUT2D eigenvalue weighted by atomic mass is 9.80. The monoisotopic (exact) mass is 233 g/mol. The molecule has 3 nitrogen and oxygen atoms in total. The second-order valence-corrected chi connectivity index (χ2v) is 4.97. The molecule has 1 aliphatic rings. The van der Waals surface area contributed by atoms with Gasteiger partial charge in [0.15, 0.2) is 0 Å². The Kier molecular flexibility index (Phi) is 3.48. The van der Waals surface area contributed by atoms with E-state index in [0.29, 0.717) is 6.54 Å². The fraction of sp³-hybridized carbons (Fsp3) is 0.500. The van der Waals surface area contributed by atoms with Crippen LogP contribution in [0.15, 0.2) is 18.2 Å². The summed E-state index contributed by atoms with van der Waals surface area (Å²) in [5.41, 5.74) is 3.60. The first-order valence-electron chi connectivity index (χ1n) is 6.09. The second kappa shape index (κ2) is 4.88. The van der Waals surface area contributed by atoms with Gasteiger partial charge < -0.3 is 10.4 Å². The van der Waals surface area contributed by atoms with Crippen LogP contribution in [0.4, 0.5) is 0 Å². The van der Waals surface area contributed by atoms with Crippen LogP contribution < -0.4 is 5.32 Å². The number of benzene rings is 1. The van der Waals surface area contributed by atoms with Crippen molar-refractivity contribution in [2.45, 2.75) is 26.2 Å². The smallest absolute Gasteiger partial charge is 0.308 e. The second-order valence-electron chi connectivity index (χ2n) is 4.97. The Labute approximate surface area is 102 Å². The quantitative estimate of drug-likeness (QED) is 0.822. The fourth-order valence-electron chi connectivity index (χ4n) is 2.74. The van der Waals surface area contributed by atoms with Gasteiger partial charge in [-0.05, 0) is 38.3 Å². The number of hydrogen-bond acceptors (Lipinski definition) is 2. The van der Waals surface area contributed by atoms with Gasteiger partial charge in [0.05, 0.1) is 5.92 Å². The maximum Gasteiger partial charge on any atom is 0.308 e. The van der Waals surface area contributed by atoms with E-state index in [-0.39, 0.29) is 11.8 Å². The molecule has 0 aromatic heterocycles. The predicted octanol–water partition coefficient (Wildman–Crippen LogP) is 2.08. The Morgan fingerprint density at radius 3 is 2.53 bits per heavy atom. The molecule has 0 aliphatic carbocycles. The van der Waals surface area contributed by atoms with Crippen LogP contribution in [0, 0.1) is 19.8 Å². The molecule has 1 aliphatic heterocycles. The number of piperidine rings is 1. The van der Waals surface area contributed by atoms with Crippen LogP contribution in [-0.4, -0.2) is 24.2 Å². The topological polar surface area (TPSA) is 49.3 Å². The zero-order chi connectivity index (χ0) is 12.4. The van der Waals surface area contributed by atoms with Crippen molar-refractivity contribution in [3.05, 3.63) is 34.9 Å². The Morgan fingerprint density at radius 2 is 1.94 bits per heavy atom. The van der Waals surface area contributed by atoms with E-state index in [2.05, 4.69) is 37.4 Å². The Hall–Kier alpha value is -1.35. The van der Waals surface area contributed by atoms with Crippen molar-refractivity contribution < 1.29 is 9.90 Å². The number of hydrogen-bond donors (Lipinski definition) is 2. The molecule has 3 heteroatoms. The van der Waals surface area contributed by atoms with Crippen molar-refractivity contribution in [3.8, 4) is 0 Å². The van der Waals surface area contributed by atoms with Crippen molar-refractivity contribution >= 4 is 5.97 Å². The van der Waals surface area contributed by atoms with Gasteiger partial charge in [-0.15, -0.1) is 0 Å². The average molecular weight is 233 g/mol. The SMILES string of the molecule is Cc1cc(C)cc(C2CCNCC2C(=O)O)c1. The number of rotatable bonds is 2. The molecule has 0 spiro atoms. The van der Waals surface area contributed by atoms with Gasteiger partial charge in [0.1, 0.15) is 0 Å². The van der Waals surface area contributed by atoms with Gasteiger partial charge in [-0.25, -0.2) is 0 Å². The number of carboxylic acids is 1. The molecular weight excluding hydrogens is 214 g/mol. The van der Waals surface area contributed by atoms with Crippen molar-refractivity contribution in [1.82, 2.24) is 5.32 Å². The van der Waals surface area contributed by atoms with Crippen molar-refractivity contribution in [3.63, 3.8) is 0 Å². The summed E-state index contributed by atoms with van der Waals surface area (Å²) >= 11 is 0. The van der Waals surface area contributed by atoms with Gasteiger partial charge in [0, 0.05) is 6.54 Å². The summed E-state index contributed by atoms with van der Waals surface area (Å²) in [4.78, 5) is 11.3. The first-order valence-corrected chi connectivity index (χ1v) is 6.09. The number of aryl methyl sites for hydroxylation is 2. The number of aliphatic carboxylic acids is 1. The van der Waals surface area contributed by atoms with E-state index < -0.39 is 5.97 Å². The van der Waals surface area contributed by atoms with E-state index in [4.69, 9.17) is 0 Å². The van der Waals surface area contributed by atoms with E-state index in [1.165, 1.54) is 16.7 Å². The lowest BCUT2D eigenvalue weighted by Crippen LogP contribution is -2.39. The molecule has 0 radical (unpaired) electrons. The zero-order valence-electron chi connectivity index (χ0n) is 10.4. The van der Waals surface area contributed by atoms with Crippen molar-refractivity contribution in [1.29, 1.82) is 0 Å².